The lowest BCUT2D eigenvalue weighted by Gasteiger charge is -2.32. The van der Waals surface area contributed by atoms with Gasteiger partial charge in [-0.1, -0.05) is 48.5 Å². The van der Waals surface area contributed by atoms with Crippen molar-refractivity contribution in [2.45, 2.75) is 88.8 Å². The number of pyridine rings is 1. The molecule has 12 heteroatoms. The lowest BCUT2D eigenvalue weighted by molar-refractivity contribution is -0.137. The molecule has 1 aliphatic carbocycles. The van der Waals surface area contributed by atoms with Gasteiger partial charge >= 0.3 is 12.1 Å². The fourth-order valence-electron chi connectivity index (χ4n) is 10.1. The Labute approximate surface area is 380 Å². The standard InChI is InChI=1S/C54H51F3N2O7/c55-54(56,57)39-6-4-5-34(27-39)46-20-21-47-52(58-46)50(36-22-23-59(47)31-36)49(64)25-33-10-8-32(9-11-33)12-14-40(60)7-2-1-3-24-66-53(65)35-13-17-45(48(63)30-35)51-43-18-15-41(61)28-37(43)26-38-29-42(62)16-19-44(38)51/h4-6,8-11,13,15,17-18,20-21,26-28,30,36,42,50,61-63H,1-3,7,12,14,16,19,22-25,29,31H2/t36-,42?,50?/m0/s1. The van der Waals surface area contributed by atoms with Crippen molar-refractivity contribution in [2.24, 2.45) is 5.92 Å². The van der Waals surface area contributed by atoms with E-state index in [2.05, 4.69) is 4.90 Å². The Kier molecular flexibility index (Phi) is 12.7. The molecule has 340 valence electrons. The Morgan fingerprint density at radius 3 is 2.45 bits per heavy atom. The van der Waals surface area contributed by atoms with Gasteiger partial charge in [-0.2, -0.15) is 13.2 Å². The van der Waals surface area contributed by atoms with Crippen molar-refractivity contribution in [2.75, 3.05) is 24.6 Å². The number of halogens is 3. The molecule has 0 radical (unpaired) electrons. The Morgan fingerprint density at radius 2 is 1.65 bits per heavy atom. The van der Waals surface area contributed by atoms with Crippen molar-refractivity contribution in [3.05, 3.63) is 142 Å². The third-order valence-corrected chi connectivity index (χ3v) is 13.5. The maximum atomic E-state index is 14.0. The first-order chi connectivity index (χ1) is 31.8. The molecule has 9 rings (SSSR count). The minimum Gasteiger partial charge on any atom is -0.508 e. The van der Waals surface area contributed by atoms with E-state index in [0.717, 1.165) is 75.9 Å². The van der Waals surface area contributed by atoms with E-state index in [1.807, 2.05) is 42.5 Å². The number of aliphatic hydroxyl groups is 1. The van der Waals surface area contributed by atoms with Crippen LogP contribution in [0.15, 0.2) is 103 Å². The van der Waals surface area contributed by atoms with Crippen molar-refractivity contribution in [1.82, 2.24) is 4.98 Å². The van der Waals surface area contributed by atoms with Gasteiger partial charge in [0, 0.05) is 43.5 Å². The van der Waals surface area contributed by atoms with Gasteiger partial charge in [-0.05, 0) is 150 Å². The number of alkyl halides is 3. The van der Waals surface area contributed by atoms with Crippen LogP contribution < -0.4 is 4.90 Å². The first kappa shape index (κ1) is 44.7. The molecule has 1 aromatic heterocycles. The molecule has 2 bridgehead atoms. The van der Waals surface area contributed by atoms with Crippen LogP contribution in [0.25, 0.3) is 33.2 Å². The van der Waals surface area contributed by atoms with E-state index in [1.165, 1.54) is 12.1 Å². The van der Waals surface area contributed by atoms with Gasteiger partial charge < -0.3 is 25.0 Å². The van der Waals surface area contributed by atoms with Crippen LogP contribution in [-0.4, -0.2) is 63.6 Å². The number of Topliss-reactive ketones (excluding diaryl/α,β-unsaturated/α-hetero) is 2. The van der Waals surface area contributed by atoms with Crippen molar-refractivity contribution < 1.29 is 47.6 Å². The number of esters is 1. The van der Waals surface area contributed by atoms with Gasteiger partial charge in [0.05, 0.1) is 46.8 Å². The second kappa shape index (κ2) is 18.8. The maximum Gasteiger partial charge on any atom is 0.416 e. The number of aromatic nitrogens is 1. The van der Waals surface area contributed by atoms with E-state index in [0.29, 0.717) is 80.3 Å². The van der Waals surface area contributed by atoms with E-state index in [4.69, 9.17) is 9.72 Å². The summed E-state index contributed by atoms with van der Waals surface area (Å²) >= 11 is 0. The zero-order valence-electron chi connectivity index (χ0n) is 36.4. The van der Waals surface area contributed by atoms with Crippen LogP contribution in [0.1, 0.15) is 94.7 Å². The van der Waals surface area contributed by atoms with Gasteiger partial charge in [0.1, 0.15) is 23.1 Å². The molecule has 3 aliphatic rings. The number of hydrogen-bond donors (Lipinski definition) is 3. The summed E-state index contributed by atoms with van der Waals surface area (Å²) < 4.78 is 45.9. The summed E-state index contributed by atoms with van der Waals surface area (Å²) in [6.07, 6.45) is 1.15. The first-order valence-corrected chi connectivity index (χ1v) is 22.8. The predicted molar refractivity (Wildman–Crippen MR) is 246 cm³/mol. The highest BCUT2D eigenvalue weighted by Crippen LogP contribution is 2.46. The zero-order valence-corrected chi connectivity index (χ0v) is 36.4. The second-order valence-corrected chi connectivity index (χ2v) is 18.0. The number of phenolic OH excluding ortho intramolecular Hbond substituents is 2. The third-order valence-electron chi connectivity index (χ3n) is 13.5. The van der Waals surface area contributed by atoms with Crippen LogP contribution in [-0.2, 0) is 46.2 Å². The summed E-state index contributed by atoms with van der Waals surface area (Å²) in [5.41, 5.74) is 6.97. The third kappa shape index (κ3) is 9.56. The SMILES string of the molecule is O=C(CCCCCOC(=O)c1ccc(-c2c3c(cc4cc(O)ccc24)CC(O)CC3)c(O)c1)CCc1ccc(CC(=O)C2c3nc(-c4cccc(C(F)(F)F)c4)ccc3N3CC[C@H]2C3)cc1. The van der Waals surface area contributed by atoms with Crippen molar-refractivity contribution >= 4 is 34.0 Å². The number of aromatic hydroxyl groups is 2. The predicted octanol–water partition coefficient (Wildman–Crippen LogP) is 10.5. The Morgan fingerprint density at radius 1 is 0.833 bits per heavy atom. The van der Waals surface area contributed by atoms with E-state index in [9.17, 15) is 42.9 Å². The summed E-state index contributed by atoms with van der Waals surface area (Å²) in [6, 6.07) is 28.3. The summed E-state index contributed by atoms with van der Waals surface area (Å²) in [5.74, 6) is -0.693. The normalized spacial score (nSPS) is 17.6. The Hall–Kier alpha value is -6.53. The number of ether oxygens (including phenoxy) is 1. The van der Waals surface area contributed by atoms with Crippen LogP contribution in [0.5, 0.6) is 11.5 Å². The minimum atomic E-state index is -4.48. The number of aryl methyl sites for hydroxylation is 1. The molecule has 3 atom stereocenters. The van der Waals surface area contributed by atoms with E-state index < -0.39 is 29.7 Å². The topological polar surface area (TPSA) is 137 Å². The number of benzene rings is 5. The fourth-order valence-corrected chi connectivity index (χ4v) is 10.1. The molecule has 9 nitrogen and oxygen atoms in total. The molecule has 66 heavy (non-hydrogen) atoms. The molecule has 0 saturated carbocycles. The van der Waals surface area contributed by atoms with E-state index in [-0.39, 0.29) is 47.6 Å². The molecule has 0 amide bonds. The first-order valence-electron chi connectivity index (χ1n) is 22.8. The van der Waals surface area contributed by atoms with Crippen molar-refractivity contribution in [3.63, 3.8) is 0 Å². The van der Waals surface area contributed by atoms with Crippen LogP contribution in [0.4, 0.5) is 18.9 Å². The number of unbranched alkanes of at least 4 members (excludes halogenated alkanes) is 2. The number of phenols is 2. The molecule has 2 aliphatic heterocycles. The van der Waals surface area contributed by atoms with Crippen LogP contribution in [0.3, 0.4) is 0 Å². The number of nitrogens with zero attached hydrogens (tertiary/aromatic N) is 2. The average Bonchev–Trinajstić information content (AvgIpc) is 3.72. The zero-order chi connectivity index (χ0) is 46.1. The molecule has 3 N–H and O–H groups in total. The van der Waals surface area contributed by atoms with Crippen LogP contribution >= 0.6 is 0 Å². The van der Waals surface area contributed by atoms with Gasteiger partial charge in [-0.25, -0.2) is 9.78 Å². The summed E-state index contributed by atoms with van der Waals surface area (Å²) in [4.78, 5) is 46.7. The molecule has 0 spiro atoms. The number of fused-ring (bicyclic) bond motifs is 6. The molecule has 1 fully saturated rings. The number of ketones is 2. The monoisotopic (exact) mass is 896 g/mol. The smallest absolute Gasteiger partial charge is 0.416 e. The highest BCUT2D eigenvalue weighted by molar-refractivity contribution is 6.02. The Bertz CT molecular complexity index is 2820. The summed E-state index contributed by atoms with van der Waals surface area (Å²) in [5, 5.41) is 33.3. The van der Waals surface area contributed by atoms with Gasteiger partial charge in [0.25, 0.3) is 0 Å². The molecule has 2 unspecified atom stereocenters. The van der Waals surface area contributed by atoms with Gasteiger partial charge in [0.15, 0.2) is 0 Å². The van der Waals surface area contributed by atoms with Gasteiger partial charge in [-0.15, -0.1) is 0 Å². The average molecular weight is 897 g/mol. The molecule has 3 heterocycles. The summed E-state index contributed by atoms with van der Waals surface area (Å²) in [6.45, 7) is 1.72. The Balaban J connectivity index is 0.726. The highest BCUT2D eigenvalue weighted by atomic mass is 19.4. The molecular weight excluding hydrogens is 846 g/mol. The number of anilines is 1. The van der Waals surface area contributed by atoms with Crippen LogP contribution in [0, 0.1) is 5.92 Å². The molecule has 6 aromatic rings. The number of hydrogen-bond acceptors (Lipinski definition) is 9. The van der Waals surface area contributed by atoms with E-state index >= 15 is 0 Å². The lowest BCUT2D eigenvalue weighted by atomic mass is 9.80. The van der Waals surface area contributed by atoms with Crippen molar-refractivity contribution in [3.8, 4) is 33.9 Å². The number of carbonyl (C=O) groups excluding carboxylic acids is 3. The molecule has 1 saturated heterocycles. The largest absolute Gasteiger partial charge is 0.508 e. The summed E-state index contributed by atoms with van der Waals surface area (Å²) in [7, 11) is 0. The van der Waals surface area contributed by atoms with Gasteiger partial charge in [-0.3, -0.25) is 9.59 Å². The highest BCUT2D eigenvalue weighted by Gasteiger charge is 2.43. The fraction of sp³-hybridized carbons (Fsp3) is 0.333. The number of carbonyl (C=O) groups is 3. The van der Waals surface area contributed by atoms with E-state index in [1.54, 1.807) is 36.4 Å². The number of aliphatic hydroxyl groups excluding tert-OH is 1. The second-order valence-electron chi connectivity index (χ2n) is 18.0. The minimum absolute atomic E-state index is 0.0320. The maximum absolute atomic E-state index is 14.0. The quantitative estimate of drug-likeness (QED) is 0.0679. The van der Waals surface area contributed by atoms with Crippen LogP contribution in [0.2, 0.25) is 0 Å². The van der Waals surface area contributed by atoms with Crippen molar-refractivity contribution in [1.29, 1.82) is 0 Å². The lowest BCUT2D eigenvalue weighted by Crippen LogP contribution is -2.34. The number of rotatable bonds is 15. The molecule has 5 aromatic carbocycles. The van der Waals surface area contributed by atoms with Gasteiger partial charge in [0.2, 0.25) is 0 Å². The molecular formula is C54H51F3N2O7.